The lowest BCUT2D eigenvalue weighted by molar-refractivity contribution is -0.143. The van der Waals surface area contributed by atoms with E-state index in [9.17, 15) is 4.79 Å². The highest BCUT2D eigenvalue weighted by molar-refractivity contribution is 8.14. The number of hydrogen-bond donors (Lipinski definition) is 1. The Morgan fingerprint density at radius 3 is 2.93 bits per heavy atom. The highest BCUT2D eigenvalue weighted by atomic mass is 35.5. The SMILES string of the molecule is CCOC(=O)[C@H]1CSC([C@@H](C)N)=N1.Cl. The topological polar surface area (TPSA) is 64.7 Å². The number of ether oxygens (including phenoxy) is 1. The van der Waals surface area contributed by atoms with Crippen LogP contribution in [0.3, 0.4) is 0 Å². The van der Waals surface area contributed by atoms with Crippen LogP contribution in [0, 0.1) is 0 Å². The quantitative estimate of drug-likeness (QED) is 0.740. The number of esters is 1. The number of rotatable bonds is 3. The molecule has 1 rings (SSSR count). The number of nitrogens with two attached hydrogens (primary N) is 1. The van der Waals surface area contributed by atoms with E-state index in [4.69, 9.17) is 10.5 Å². The second kappa shape index (κ2) is 6.27. The molecule has 0 aliphatic carbocycles. The molecule has 0 bridgehead atoms. The van der Waals surface area contributed by atoms with Crippen LogP contribution in [-0.4, -0.2) is 35.5 Å². The Labute approximate surface area is 94.1 Å². The van der Waals surface area contributed by atoms with Gasteiger partial charge in [-0.1, -0.05) is 0 Å². The van der Waals surface area contributed by atoms with Crippen LogP contribution in [0.4, 0.5) is 0 Å². The highest BCUT2D eigenvalue weighted by Gasteiger charge is 2.27. The number of halogens is 1. The van der Waals surface area contributed by atoms with Crippen LogP contribution in [0.15, 0.2) is 4.99 Å². The fourth-order valence-corrected chi connectivity index (χ4v) is 2.00. The highest BCUT2D eigenvalue weighted by Crippen LogP contribution is 2.20. The monoisotopic (exact) mass is 238 g/mol. The van der Waals surface area contributed by atoms with Gasteiger partial charge in [0.25, 0.3) is 0 Å². The third-order valence-electron chi connectivity index (χ3n) is 1.62. The second-order valence-corrected chi connectivity index (χ2v) is 3.88. The van der Waals surface area contributed by atoms with Gasteiger partial charge in [-0.05, 0) is 13.8 Å². The van der Waals surface area contributed by atoms with Gasteiger partial charge in [-0.15, -0.1) is 24.2 Å². The molecule has 1 aliphatic rings. The van der Waals surface area contributed by atoms with Crippen LogP contribution in [0.1, 0.15) is 13.8 Å². The molecule has 0 saturated carbocycles. The summed E-state index contributed by atoms with van der Waals surface area (Å²) in [5.74, 6) is 0.418. The van der Waals surface area contributed by atoms with Gasteiger partial charge in [0.15, 0.2) is 6.04 Å². The molecule has 0 aromatic heterocycles. The summed E-state index contributed by atoms with van der Waals surface area (Å²) in [6, 6.07) is -0.421. The molecule has 0 saturated heterocycles. The molecule has 0 fully saturated rings. The van der Waals surface area contributed by atoms with Crippen molar-refractivity contribution in [2.75, 3.05) is 12.4 Å². The van der Waals surface area contributed by atoms with E-state index in [1.165, 1.54) is 11.8 Å². The van der Waals surface area contributed by atoms with E-state index >= 15 is 0 Å². The molecule has 2 atom stereocenters. The zero-order valence-electron chi connectivity index (χ0n) is 8.23. The first-order valence-electron chi connectivity index (χ1n) is 4.27. The fraction of sp³-hybridized carbons (Fsp3) is 0.750. The minimum absolute atomic E-state index is 0. The average Bonchev–Trinajstić information content (AvgIpc) is 2.52. The molecule has 0 spiro atoms. The number of carbonyl (C=O) groups is 1. The third-order valence-corrected chi connectivity index (χ3v) is 2.88. The average molecular weight is 239 g/mol. The lowest BCUT2D eigenvalue weighted by Gasteiger charge is -2.04. The molecular formula is C8H15ClN2O2S. The van der Waals surface area contributed by atoms with Crippen molar-refractivity contribution in [3.8, 4) is 0 Å². The summed E-state index contributed by atoms with van der Waals surface area (Å²) < 4.78 is 4.85. The number of hydrogen-bond acceptors (Lipinski definition) is 5. The molecule has 1 aliphatic heterocycles. The van der Waals surface area contributed by atoms with Gasteiger partial charge in [0.2, 0.25) is 0 Å². The Balaban J connectivity index is 0.00000169. The van der Waals surface area contributed by atoms with Gasteiger partial charge in [-0.2, -0.15) is 0 Å². The van der Waals surface area contributed by atoms with Crippen LogP contribution in [0.5, 0.6) is 0 Å². The lowest BCUT2D eigenvalue weighted by Crippen LogP contribution is -2.24. The maximum absolute atomic E-state index is 11.2. The minimum atomic E-state index is -0.342. The van der Waals surface area contributed by atoms with E-state index in [-0.39, 0.29) is 30.5 Å². The predicted molar refractivity (Wildman–Crippen MR) is 61.2 cm³/mol. The van der Waals surface area contributed by atoms with Gasteiger partial charge in [-0.25, -0.2) is 4.79 Å². The van der Waals surface area contributed by atoms with E-state index in [0.29, 0.717) is 12.4 Å². The Bertz CT molecular complexity index is 233. The third kappa shape index (κ3) is 3.48. The summed E-state index contributed by atoms with van der Waals surface area (Å²) in [4.78, 5) is 15.4. The summed E-state index contributed by atoms with van der Waals surface area (Å²) in [5.41, 5.74) is 5.63. The van der Waals surface area contributed by atoms with Gasteiger partial charge in [0, 0.05) is 11.8 Å². The van der Waals surface area contributed by atoms with Gasteiger partial charge in [-0.3, -0.25) is 4.99 Å². The second-order valence-electron chi connectivity index (χ2n) is 2.83. The maximum atomic E-state index is 11.2. The smallest absolute Gasteiger partial charge is 0.331 e. The molecule has 4 nitrogen and oxygen atoms in total. The number of nitrogens with zero attached hydrogens (tertiary/aromatic N) is 1. The molecule has 0 radical (unpaired) electrons. The van der Waals surface area contributed by atoms with Gasteiger partial charge >= 0.3 is 5.97 Å². The van der Waals surface area contributed by atoms with E-state index in [0.717, 1.165) is 5.04 Å². The Morgan fingerprint density at radius 2 is 2.50 bits per heavy atom. The van der Waals surface area contributed by atoms with Crippen LogP contribution in [0.2, 0.25) is 0 Å². The summed E-state index contributed by atoms with van der Waals surface area (Å²) in [7, 11) is 0. The maximum Gasteiger partial charge on any atom is 0.331 e. The molecular weight excluding hydrogens is 224 g/mol. The van der Waals surface area contributed by atoms with E-state index < -0.39 is 0 Å². The molecule has 0 aromatic rings. The van der Waals surface area contributed by atoms with Crippen LogP contribution in [-0.2, 0) is 9.53 Å². The molecule has 14 heavy (non-hydrogen) atoms. The summed E-state index contributed by atoms with van der Waals surface area (Å²) in [6.07, 6.45) is 0. The Kier molecular flexibility index (Phi) is 6.15. The number of aliphatic imine (C=N–C) groups is 1. The zero-order valence-corrected chi connectivity index (χ0v) is 9.86. The lowest BCUT2D eigenvalue weighted by atomic mass is 10.3. The standard InChI is InChI=1S/C8H14N2O2S.ClH/c1-3-12-8(11)6-4-13-7(10-6)5(2)9;/h5-6H,3-4,9H2,1-2H3;1H/t5-,6-;/m1./s1. The number of carbonyl (C=O) groups excluding carboxylic acids is 1. The van der Waals surface area contributed by atoms with Crippen molar-refractivity contribution < 1.29 is 9.53 Å². The largest absolute Gasteiger partial charge is 0.464 e. The van der Waals surface area contributed by atoms with Crippen molar-refractivity contribution >= 4 is 35.2 Å². The van der Waals surface area contributed by atoms with Crippen LogP contribution >= 0.6 is 24.2 Å². The van der Waals surface area contributed by atoms with E-state index in [2.05, 4.69) is 4.99 Å². The van der Waals surface area contributed by atoms with Crippen molar-refractivity contribution in [3.05, 3.63) is 0 Å². The first-order valence-corrected chi connectivity index (χ1v) is 5.26. The summed E-state index contributed by atoms with van der Waals surface area (Å²) in [5, 5.41) is 0.845. The fourth-order valence-electron chi connectivity index (χ4n) is 1.00. The van der Waals surface area contributed by atoms with Gasteiger partial charge < -0.3 is 10.5 Å². The molecule has 1 heterocycles. The molecule has 0 amide bonds. The molecule has 2 N–H and O–H groups in total. The van der Waals surface area contributed by atoms with E-state index in [1.807, 2.05) is 6.92 Å². The van der Waals surface area contributed by atoms with E-state index in [1.54, 1.807) is 6.92 Å². The minimum Gasteiger partial charge on any atom is -0.464 e. The van der Waals surface area contributed by atoms with Crippen LogP contribution < -0.4 is 5.73 Å². The Hall–Kier alpha value is -0.260. The normalized spacial score (nSPS) is 22.2. The molecule has 82 valence electrons. The predicted octanol–water partition coefficient (Wildman–Crippen LogP) is 0.832. The van der Waals surface area contributed by atoms with Crippen molar-refractivity contribution in [1.82, 2.24) is 0 Å². The first kappa shape index (κ1) is 13.7. The van der Waals surface area contributed by atoms with Crippen LogP contribution in [0.25, 0.3) is 0 Å². The first-order chi connectivity index (χ1) is 6.15. The Morgan fingerprint density at radius 1 is 1.86 bits per heavy atom. The van der Waals surface area contributed by atoms with Crippen molar-refractivity contribution in [3.63, 3.8) is 0 Å². The molecule has 0 aromatic carbocycles. The molecule has 6 heteroatoms. The summed E-state index contributed by atoms with van der Waals surface area (Å²) in [6.45, 7) is 4.05. The zero-order chi connectivity index (χ0) is 9.84. The number of thioether (sulfide) groups is 1. The molecule has 0 unspecified atom stereocenters. The van der Waals surface area contributed by atoms with Crippen molar-refractivity contribution in [2.45, 2.75) is 25.9 Å². The van der Waals surface area contributed by atoms with Gasteiger partial charge in [0.05, 0.1) is 11.7 Å². The van der Waals surface area contributed by atoms with Gasteiger partial charge in [0.1, 0.15) is 0 Å². The van der Waals surface area contributed by atoms with Crippen molar-refractivity contribution in [1.29, 1.82) is 0 Å². The summed E-state index contributed by atoms with van der Waals surface area (Å²) >= 11 is 1.54. The van der Waals surface area contributed by atoms with Crippen molar-refractivity contribution in [2.24, 2.45) is 10.7 Å².